The third-order valence-corrected chi connectivity index (χ3v) is 4.12. The van der Waals surface area contributed by atoms with E-state index in [2.05, 4.69) is 93.1 Å². The van der Waals surface area contributed by atoms with Gasteiger partial charge in [-0.25, -0.2) is 0 Å². The van der Waals surface area contributed by atoms with Crippen LogP contribution in [0.15, 0.2) is 36.5 Å². The molecule has 1 heteroatoms. The molecule has 0 N–H and O–H groups in total. The summed E-state index contributed by atoms with van der Waals surface area (Å²) in [6, 6.07) is 0. The molecule has 1 aromatic rings. The molecule has 0 saturated heterocycles. The van der Waals surface area contributed by atoms with Crippen LogP contribution in [0.4, 0.5) is 0 Å². The maximum absolute atomic E-state index is 2.43. The van der Waals surface area contributed by atoms with E-state index in [0.717, 1.165) is 12.8 Å². The van der Waals surface area contributed by atoms with Crippen LogP contribution in [-0.2, 0) is 7.05 Å². The Kier molecular flexibility index (Phi) is 5.83. The molecular formula is C21H27N. The quantitative estimate of drug-likeness (QED) is 0.717. The second kappa shape index (κ2) is 7.84. The van der Waals surface area contributed by atoms with Crippen LogP contribution >= 0.6 is 0 Å². The Balaban J connectivity index is 2.59. The third-order valence-electron chi connectivity index (χ3n) is 4.12. The van der Waals surface area contributed by atoms with Crippen molar-refractivity contribution in [2.75, 3.05) is 0 Å². The van der Waals surface area contributed by atoms with Gasteiger partial charge in [0.05, 0.1) is 0 Å². The molecule has 0 aliphatic heterocycles. The number of fused-ring (bicyclic) bond motifs is 1. The highest BCUT2D eigenvalue weighted by molar-refractivity contribution is 5.67. The van der Waals surface area contributed by atoms with Crippen molar-refractivity contribution in [3.63, 3.8) is 0 Å². The molecule has 2 rings (SSSR count). The molecule has 1 heterocycles. The molecule has 1 atom stereocenters. The van der Waals surface area contributed by atoms with Gasteiger partial charge in [0.25, 0.3) is 0 Å². The molecule has 0 radical (unpaired) electrons. The van der Waals surface area contributed by atoms with Gasteiger partial charge in [0.2, 0.25) is 0 Å². The van der Waals surface area contributed by atoms with E-state index in [9.17, 15) is 0 Å². The Labute approximate surface area is 134 Å². The number of allylic oxidation sites excluding steroid dienone is 6. The summed E-state index contributed by atoms with van der Waals surface area (Å²) in [5.41, 5.74) is 2.61. The molecule has 1 unspecified atom stereocenters. The van der Waals surface area contributed by atoms with Gasteiger partial charge in [0.1, 0.15) is 0 Å². The lowest BCUT2D eigenvalue weighted by molar-refractivity contribution is 0.752. The summed E-state index contributed by atoms with van der Waals surface area (Å²) < 4.78 is 2.29. The van der Waals surface area contributed by atoms with Gasteiger partial charge < -0.3 is 4.57 Å². The van der Waals surface area contributed by atoms with Crippen LogP contribution in [0.5, 0.6) is 0 Å². The van der Waals surface area contributed by atoms with E-state index in [1.807, 2.05) is 0 Å². The van der Waals surface area contributed by atoms with Crippen molar-refractivity contribution in [1.82, 2.24) is 4.57 Å². The SMILES string of the molecule is C/C=C\c1c(/C=C\C)n(C)c2c1=CC(CC/C=C/C)C=CC=2. The van der Waals surface area contributed by atoms with Crippen molar-refractivity contribution in [3.8, 4) is 0 Å². The summed E-state index contributed by atoms with van der Waals surface area (Å²) in [6.07, 6.45) is 24.5. The van der Waals surface area contributed by atoms with Crippen LogP contribution in [0.25, 0.3) is 24.3 Å². The van der Waals surface area contributed by atoms with Crippen LogP contribution in [0.1, 0.15) is 44.9 Å². The molecular weight excluding hydrogens is 266 g/mol. The lowest BCUT2D eigenvalue weighted by atomic mass is 10.0. The molecule has 0 spiro atoms. The maximum atomic E-state index is 2.43. The summed E-state index contributed by atoms with van der Waals surface area (Å²) >= 11 is 0. The van der Waals surface area contributed by atoms with Crippen LogP contribution < -0.4 is 10.6 Å². The first kappa shape index (κ1) is 16.4. The summed E-state index contributed by atoms with van der Waals surface area (Å²) in [5, 5.41) is 2.66. The van der Waals surface area contributed by atoms with Crippen LogP contribution in [0.2, 0.25) is 0 Å². The number of rotatable bonds is 5. The lowest BCUT2D eigenvalue weighted by Crippen LogP contribution is -2.28. The third kappa shape index (κ3) is 3.41. The summed E-state index contributed by atoms with van der Waals surface area (Å²) in [6.45, 7) is 6.25. The predicted octanol–water partition coefficient (Wildman–Crippen LogP) is 4.19. The van der Waals surface area contributed by atoms with Crippen molar-refractivity contribution in [2.24, 2.45) is 13.0 Å². The van der Waals surface area contributed by atoms with Gasteiger partial charge >= 0.3 is 0 Å². The van der Waals surface area contributed by atoms with Crippen molar-refractivity contribution < 1.29 is 0 Å². The van der Waals surface area contributed by atoms with Gasteiger partial charge in [-0.2, -0.15) is 0 Å². The highest BCUT2D eigenvalue weighted by Crippen LogP contribution is 2.14. The smallest absolute Gasteiger partial charge is 0.0485 e. The van der Waals surface area contributed by atoms with Crippen molar-refractivity contribution in [1.29, 1.82) is 0 Å². The minimum Gasteiger partial charge on any atom is -0.344 e. The Morgan fingerprint density at radius 2 is 1.86 bits per heavy atom. The van der Waals surface area contributed by atoms with Gasteiger partial charge in [-0.15, -0.1) is 0 Å². The second-order valence-electron chi connectivity index (χ2n) is 5.69. The van der Waals surface area contributed by atoms with Crippen molar-refractivity contribution in [2.45, 2.75) is 33.6 Å². The number of nitrogens with zero attached hydrogens (tertiary/aromatic N) is 1. The molecule has 1 nitrogen and oxygen atoms in total. The number of hydrogen-bond donors (Lipinski definition) is 0. The molecule has 0 bridgehead atoms. The first-order valence-corrected chi connectivity index (χ1v) is 8.18. The maximum Gasteiger partial charge on any atom is 0.0485 e. The lowest BCUT2D eigenvalue weighted by Gasteiger charge is -2.04. The highest BCUT2D eigenvalue weighted by atomic mass is 14.9. The van der Waals surface area contributed by atoms with E-state index in [-0.39, 0.29) is 0 Å². The van der Waals surface area contributed by atoms with Crippen molar-refractivity contribution in [3.05, 3.63) is 58.3 Å². The molecule has 0 aromatic carbocycles. The molecule has 1 aromatic heterocycles. The molecule has 0 amide bonds. The van der Waals surface area contributed by atoms with Gasteiger partial charge in [0, 0.05) is 28.9 Å². The summed E-state index contributed by atoms with van der Waals surface area (Å²) in [5.74, 6) is 0.499. The first-order chi connectivity index (χ1) is 10.7. The average Bonchev–Trinajstić information content (AvgIpc) is 2.68. The van der Waals surface area contributed by atoms with Gasteiger partial charge in [-0.05, 0) is 51.7 Å². The predicted molar refractivity (Wildman–Crippen MR) is 99.7 cm³/mol. The molecule has 0 saturated carbocycles. The zero-order valence-electron chi connectivity index (χ0n) is 14.2. The fraction of sp³-hybridized carbons (Fsp3) is 0.333. The molecule has 22 heavy (non-hydrogen) atoms. The van der Waals surface area contributed by atoms with E-state index < -0.39 is 0 Å². The van der Waals surface area contributed by atoms with Crippen LogP contribution in [-0.4, -0.2) is 4.57 Å². The summed E-state index contributed by atoms with van der Waals surface area (Å²) in [7, 11) is 2.15. The van der Waals surface area contributed by atoms with Crippen LogP contribution in [0.3, 0.4) is 0 Å². The highest BCUT2D eigenvalue weighted by Gasteiger charge is 2.11. The Bertz CT molecular complexity index is 736. The van der Waals surface area contributed by atoms with Gasteiger partial charge in [-0.1, -0.05) is 48.6 Å². The van der Waals surface area contributed by atoms with E-state index in [1.54, 1.807) is 0 Å². The van der Waals surface area contributed by atoms with E-state index in [0.29, 0.717) is 5.92 Å². The normalized spacial score (nSPS) is 17.9. The number of hydrogen-bond acceptors (Lipinski definition) is 0. The fourth-order valence-electron chi connectivity index (χ4n) is 3.04. The standard InChI is InChI=1S/C21H27N/c1-5-8-9-13-17-14-10-15-21-19(16-17)18(11-6-2)20(12-7-3)22(21)4/h5-8,10-12,14-17H,9,13H2,1-4H3/b8-5+,11-6-,12-7-. The Morgan fingerprint density at radius 3 is 2.55 bits per heavy atom. The Morgan fingerprint density at radius 1 is 1.09 bits per heavy atom. The first-order valence-electron chi connectivity index (χ1n) is 8.18. The second-order valence-corrected chi connectivity index (χ2v) is 5.69. The van der Waals surface area contributed by atoms with Crippen molar-refractivity contribution >= 4 is 24.3 Å². The van der Waals surface area contributed by atoms with Gasteiger partial charge in [-0.3, -0.25) is 0 Å². The fourth-order valence-corrected chi connectivity index (χ4v) is 3.04. The van der Waals surface area contributed by atoms with Gasteiger partial charge in [0.15, 0.2) is 0 Å². The zero-order valence-corrected chi connectivity index (χ0v) is 14.2. The summed E-state index contributed by atoms with van der Waals surface area (Å²) in [4.78, 5) is 0. The largest absolute Gasteiger partial charge is 0.344 e. The minimum atomic E-state index is 0.499. The molecule has 1 aliphatic carbocycles. The zero-order chi connectivity index (χ0) is 15.9. The van der Waals surface area contributed by atoms with E-state index in [1.165, 1.54) is 21.8 Å². The van der Waals surface area contributed by atoms with Crippen LogP contribution in [0, 0.1) is 5.92 Å². The molecule has 1 aliphatic rings. The monoisotopic (exact) mass is 293 g/mol. The average molecular weight is 293 g/mol. The molecule has 116 valence electrons. The van der Waals surface area contributed by atoms with E-state index >= 15 is 0 Å². The Hall–Kier alpha value is -2.02. The molecule has 0 fully saturated rings. The van der Waals surface area contributed by atoms with E-state index in [4.69, 9.17) is 0 Å². The minimum absolute atomic E-state index is 0.499. The topological polar surface area (TPSA) is 4.93 Å². The number of aromatic nitrogens is 1.